The largest absolute Gasteiger partial charge is 0.449 e. The van der Waals surface area contributed by atoms with Gasteiger partial charge in [0.25, 0.3) is 11.6 Å². The molecule has 39 heavy (non-hydrogen) atoms. The van der Waals surface area contributed by atoms with Crippen LogP contribution in [0.25, 0.3) is 0 Å². The molecular formula is C29H20Br2N2O6. The number of anilines is 1. The van der Waals surface area contributed by atoms with Gasteiger partial charge in [-0.05, 0) is 48.0 Å². The van der Waals surface area contributed by atoms with Crippen LogP contribution in [-0.4, -0.2) is 28.7 Å². The number of ketones is 1. The van der Waals surface area contributed by atoms with Crippen LogP contribution in [0.1, 0.15) is 41.5 Å². The Kier molecular flexibility index (Phi) is 9.00. The number of nitrogens with zero attached hydrogens (tertiary/aromatic N) is 1. The van der Waals surface area contributed by atoms with Gasteiger partial charge in [-0.1, -0.05) is 80.4 Å². The van der Waals surface area contributed by atoms with Crippen LogP contribution in [0.4, 0.5) is 11.4 Å². The molecule has 0 aliphatic heterocycles. The molecule has 0 saturated carbocycles. The first-order valence-corrected chi connectivity index (χ1v) is 13.3. The number of carbonyl (C=O) groups is 3. The van der Waals surface area contributed by atoms with E-state index < -0.39 is 27.6 Å². The van der Waals surface area contributed by atoms with Crippen molar-refractivity contribution >= 4 is 60.9 Å². The van der Waals surface area contributed by atoms with Crippen molar-refractivity contribution in [2.75, 3.05) is 5.32 Å². The van der Waals surface area contributed by atoms with Crippen LogP contribution in [0, 0.1) is 10.1 Å². The van der Waals surface area contributed by atoms with Gasteiger partial charge >= 0.3 is 5.97 Å². The highest BCUT2D eigenvalue weighted by molar-refractivity contribution is 9.10. The summed E-state index contributed by atoms with van der Waals surface area (Å²) in [4.78, 5) is 49.1. The number of nitro groups is 1. The normalized spacial score (nSPS) is 12.2. The molecule has 0 aromatic heterocycles. The number of nitrogens with one attached hydrogen (secondary N) is 1. The third-order valence-corrected chi connectivity index (χ3v) is 7.22. The standard InChI is InChI=1S/C29H20Br2N2O6/c30-22-14-12-19(13-15-22)28(35)32-23-10-4-9-21(16-23)29(36)39-27(26(34)18-6-2-1-3-7-18)25(31)20-8-5-11-24(17-20)33(37)38/h1-17,25,27H,(H,32,35)/t25-,27-/m1/s1. The fourth-order valence-corrected chi connectivity index (χ4v) is 4.61. The summed E-state index contributed by atoms with van der Waals surface area (Å²) < 4.78 is 6.54. The van der Waals surface area contributed by atoms with Crippen LogP contribution < -0.4 is 5.32 Å². The van der Waals surface area contributed by atoms with Gasteiger partial charge in [0.15, 0.2) is 6.10 Å². The molecule has 0 bridgehead atoms. The van der Waals surface area contributed by atoms with Gasteiger partial charge in [-0.3, -0.25) is 19.7 Å². The molecule has 0 saturated heterocycles. The first-order chi connectivity index (χ1) is 18.7. The molecule has 4 aromatic rings. The van der Waals surface area contributed by atoms with Crippen molar-refractivity contribution in [3.05, 3.63) is 140 Å². The Balaban J connectivity index is 1.59. The van der Waals surface area contributed by atoms with E-state index in [2.05, 4.69) is 37.2 Å². The second-order valence-corrected chi connectivity index (χ2v) is 10.3. The number of benzene rings is 4. The van der Waals surface area contributed by atoms with Crippen molar-refractivity contribution in [2.45, 2.75) is 10.9 Å². The quantitative estimate of drug-likeness (QED) is 0.0675. The lowest BCUT2D eigenvalue weighted by Crippen LogP contribution is -2.31. The van der Waals surface area contributed by atoms with Crippen molar-refractivity contribution in [1.82, 2.24) is 0 Å². The van der Waals surface area contributed by atoms with Crippen molar-refractivity contribution in [1.29, 1.82) is 0 Å². The van der Waals surface area contributed by atoms with E-state index in [-0.39, 0.29) is 17.2 Å². The fraction of sp³-hybridized carbons (Fsp3) is 0.0690. The minimum absolute atomic E-state index is 0.105. The van der Waals surface area contributed by atoms with Crippen LogP contribution in [0.15, 0.2) is 108 Å². The van der Waals surface area contributed by atoms with Gasteiger partial charge in [0.05, 0.1) is 15.3 Å². The molecule has 10 heteroatoms. The lowest BCUT2D eigenvalue weighted by Gasteiger charge is -2.22. The fourth-order valence-electron chi connectivity index (χ4n) is 3.71. The molecule has 0 radical (unpaired) electrons. The number of Topliss-reactive ketones (excluding diaryl/α,β-unsaturated/α-hetero) is 1. The summed E-state index contributed by atoms with van der Waals surface area (Å²) in [6.07, 6.45) is -1.34. The lowest BCUT2D eigenvalue weighted by molar-refractivity contribution is -0.384. The van der Waals surface area contributed by atoms with Crippen LogP contribution in [-0.2, 0) is 4.74 Å². The molecule has 0 heterocycles. The number of alkyl halides is 1. The summed E-state index contributed by atoms with van der Waals surface area (Å²) in [5, 5.41) is 14.0. The van der Waals surface area contributed by atoms with E-state index in [0.29, 0.717) is 22.4 Å². The summed E-state index contributed by atoms with van der Waals surface area (Å²) in [6, 6.07) is 27.0. The Hall–Kier alpha value is -4.15. The molecule has 4 aromatic carbocycles. The molecule has 0 unspecified atom stereocenters. The molecule has 1 N–H and O–H groups in total. The molecule has 4 rings (SSSR count). The molecule has 0 spiro atoms. The number of rotatable bonds is 9. The topological polar surface area (TPSA) is 116 Å². The van der Waals surface area contributed by atoms with Crippen LogP contribution in [0.5, 0.6) is 0 Å². The van der Waals surface area contributed by atoms with Gasteiger partial charge in [0, 0.05) is 33.4 Å². The number of amides is 1. The molecule has 2 atom stereocenters. The predicted octanol–water partition coefficient (Wildman–Crippen LogP) is 7.15. The third kappa shape index (κ3) is 7.04. The molecule has 8 nitrogen and oxygen atoms in total. The van der Waals surface area contributed by atoms with Crippen LogP contribution >= 0.6 is 31.9 Å². The van der Waals surface area contributed by atoms with Crippen LogP contribution in [0.2, 0.25) is 0 Å². The third-order valence-electron chi connectivity index (χ3n) is 5.68. The maximum Gasteiger partial charge on any atom is 0.338 e. The summed E-state index contributed by atoms with van der Waals surface area (Å²) in [7, 11) is 0. The predicted molar refractivity (Wildman–Crippen MR) is 153 cm³/mol. The van der Waals surface area contributed by atoms with Gasteiger partial charge < -0.3 is 10.1 Å². The van der Waals surface area contributed by atoms with Crippen molar-refractivity contribution < 1.29 is 24.0 Å². The summed E-state index contributed by atoms with van der Waals surface area (Å²) in [5.74, 6) is -1.66. The monoisotopic (exact) mass is 650 g/mol. The van der Waals surface area contributed by atoms with Gasteiger partial charge in [-0.15, -0.1) is 0 Å². The zero-order valence-corrected chi connectivity index (χ0v) is 23.3. The average molecular weight is 652 g/mol. The van der Waals surface area contributed by atoms with Crippen LogP contribution in [0.3, 0.4) is 0 Å². The number of esters is 1. The number of non-ortho nitro benzene ring substituents is 1. The smallest absolute Gasteiger partial charge is 0.338 e. The number of ether oxygens (including phenoxy) is 1. The Morgan fingerprint density at radius 2 is 1.46 bits per heavy atom. The zero-order chi connectivity index (χ0) is 27.9. The minimum atomic E-state index is -1.34. The molecule has 196 valence electrons. The number of nitro benzene ring substituents is 1. The molecule has 0 fully saturated rings. The second-order valence-electron chi connectivity index (χ2n) is 8.35. The first kappa shape index (κ1) is 27.9. The Labute approximate surface area is 240 Å². The Morgan fingerprint density at radius 3 is 2.15 bits per heavy atom. The lowest BCUT2D eigenvalue weighted by atomic mass is 9.99. The Bertz CT molecular complexity index is 1530. The van der Waals surface area contributed by atoms with Gasteiger partial charge in [-0.2, -0.15) is 0 Å². The van der Waals surface area contributed by atoms with E-state index in [4.69, 9.17) is 4.74 Å². The maximum atomic E-state index is 13.4. The SMILES string of the molecule is O=C(Nc1cccc(C(=O)O[C@@H](C(=O)c2ccccc2)[C@H](Br)c2cccc([N+](=O)[O-])c2)c1)c1ccc(Br)cc1. The van der Waals surface area contributed by atoms with E-state index in [1.54, 1.807) is 72.8 Å². The zero-order valence-electron chi connectivity index (χ0n) is 20.1. The Morgan fingerprint density at radius 1 is 0.795 bits per heavy atom. The van der Waals surface area contributed by atoms with E-state index in [1.165, 1.54) is 30.3 Å². The highest BCUT2D eigenvalue weighted by Gasteiger charge is 2.33. The number of carbonyl (C=O) groups excluding carboxylic acids is 3. The van der Waals surface area contributed by atoms with Crippen molar-refractivity contribution in [3.8, 4) is 0 Å². The average Bonchev–Trinajstić information content (AvgIpc) is 2.96. The first-order valence-electron chi connectivity index (χ1n) is 11.6. The van der Waals surface area contributed by atoms with E-state index in [9.17, 15) is 24.5 Å². The summed E-state index contributed by atoms with van der Waals surface area (Å²) in [5.41, 5.74) is 1.43. The highest BCUT2D eigenvalue weighted by Crippen LogP contribution is 2.33. The second kappa shape index (κ2) is 12.6. The van der Waals surface area contributed by atoms with Crippen molar-refractivity contribution in [2.24, 2.45) is 0 Å². The number of hydrogen-bond acceptors (Lipinski definition) is 6. The highest BCUT2D eigenvalue weighted by atomic mass is 79.9. The van der Waals surface area contributed by atoms with Gasteiger partial charge in [0.1, 0.15) is 0 Å². The maximum absolute atomic E-state index is 13.4. The molecule has 1 amide bonds. The van der Waals surface area contributed by atoms with E-state index in [0.717, 1.165) is 4.47 Å². The van der Waals surface area contributed by atoms with E-state index in [1.807, 2.05) is 0 Å². The molecule has 0 aliphatic rings. The van der Waals surface area contributed by atoms with Gasteiger partial charge in [-0.25, -0.2) is 4.79 Å². The minimum Gasteiger partial charge on any atom is -0.449 e. The molecule has 0 aliphatic carbocycles. The molecular weight excluding hydrogens is 632 g/mol. The number of hydrogen-bond donors (Lipinski definition) is 1. The van der Waals surface area contributed by atoms with E-state index >= 15 is 0 Å². The summed E-state index contributed by atoms with van der Waals surface area (Å²) in [6.45, 7) is 0. The van der Waals surface area contributed by atoms with Gasteiger partial charge in [0.2, 0.25) is 5.78 Å². The number of halogens is 2. The summed E-state index contributed by atoms with van der Waals surface area (Å²) >= 11 is 6.76. The van der Waals surface area contributed by atoms with Crippen molar-refractivity contribution in [3.63, 3.8) is 0 Å².